The fraction of sp³-hybridized carbons (Fsp3) is 0.600. The topological polar surface area (TPSA) is 66.2 Å². The Labute approximate surface area is 268 Å². The summed E-state index contributed by atoms with van der Waals surface area (Å²) in [7, 11) is 0. The molecule has 44 heavy (non-hydrogen) atoms. The van der Waals surface area contributed by atoms with Gasteiger partial charge in [0.05, 0.1) is 22.8 Å². The molecule has 0 spiro atoms. The van der Waals surface area contributed by atoms with Crippen molar-refractivity contribution in [2.45, 2.75) is 155 Å². The fourth-order valence-electron chi connectivity index (χ4n) is 6.11. The third-order valence-electron chi connectivity index (χ3n) is 8.86. The molecule has 1 aromatic heterocycles. The highest BCUT2D eigenvalue weighted by Gasteiger charge is 2.17. The van der Waals surface area contributed by atoms with Crippen LogP contribution in [0.15, 0.2) is 48.5 Å². The molecular weight excluding hydrogens is 540 g/mol. The van der Waals surface area contributed by atoms with Crippen LogP contribution in [0.1, 0.15) is 154 Å². The molecule has 0 bridgehead atoms. The summed E-state index contributed by atoms with van der Waals surface area (Å²) in [5.74, 6) is 0.536. The number of nitrogens with zero attached hydrogens (tertiary/aromatic N) is 2. The van der Waals surface area contributed by atoms with Crippen LogP contribution in [0.2, 0.25) is 0 Å². The number of phenolic OH excluding ortho intramolecular Hbond substituents is 2. The Kier molecular flexibility index (Phi) is 17.6. The Morgan fingerprint density at radius 3 is 0.955 bits per heavy atom. The molecular formula is C40H60N2O2. The molecule has 2 aromatic carbocycles. The van der Waals surface area contributed by atoms with Crippen molar-refractivity contribution in [3.05, 3.63) is 59.9 Å². The molecule has 0 radical (unpaired) electrons. The summed E-state index contributed by atoms with van der Waals surface area (Å²) in [6.07, 6.45) is 27.9. The summed E-state index contributed by atoms with van der Waals surface area (Å²) in [6, 6.07) is 14.8. The Morgan fingerprint density at radius 2 is 0.659 bits per heavy atom. The molecule has 0 aliphatic heterocycles. The normalized spacial score (nSPS) is 11.3. The van der Waals surface area contributed by atoms with Crippen molar-refractivity contribution in [1.82, 2.24) is 9.97 Å². The van der Waals surface area contributed by atoms with Crippen LogP contribution in [0.4, 0.5) is 0 Å². The standard InChI is InChI=1S/C40H60N2O2/c1-3-5-7-9-11-13-15-17-19-21-23-37-39(33-25-29-35(43)30-26-33)42-38(40(41-37)34-27-31-36(44)32-28-34)24-22-20-18-16-14-12-10-8-6-4-2/h25-32,43-44H,3-24H2,1-2H3. The molecule has 3 aromatic rings. The smallest absolute Gasteiger partial charge is 0.115 e. The van der Waals surface area contributed by atoms with Gasteiger partial charge in [-0.05, 0) is 74.2 Å². The summed E-state index contributed by atoms with van der Waals surface area (Å²) < 4.78 is 0. The SMILES string of the molecule is CCCCCCCCCCCCc1nc(-c2ccc(O)cc2)c(CCCCCCCCCCCC)nc1-c1ccc(O)cc1. The van der Waals surface area contributed by atoms with Gasteiger partial charge in [0.1, 0.15) is 11.5 Å². The lowest BCUT2D eigenvalue weighted by molar-refractivity contribution is 0.475. The lowest BCUT2D eigenvalue weighted by Gasteiger charge is -2.16. The second kappa shape index (κ2) is 21.8. The van der Waals surface area contributed by atoms with Crippen LogP contribution in [-0.2, 0) is 12.8 Å². The number of unbranched alkanes of at least 4 members (excludes halogenated alkanes) is 18. The lowest BCUT2D eigenvalue weighted by Crippen LogP contribution is -2.06. The van der Waals surface area contributed by atoms with E-state index < -0.39 is 0 Å². The third-order valence-corrected chi connectivity index (χ3v) is 8.86. The van der Waals surface area contributed by atoms with Crippen molar-refractivity contribution in [3.63, 3.8) is 0 Å². The van der Waals surface area contributed by atoms with Crippen molar-refractivity contribution < 1.29 is 10.2 Å². The van der Waals surface area contributed by atoms with Gasteiger partial charge in [-0.2, -0.15) is 0 Å². The minimum Gasteiger partial charge on any atom is -0.508 e. The van der Waals surface area contributed by atoms with Gasteiger partial charge in [-0.1, -0.05) is 129 Å². The van der Waals surface area contributed by atoms with Gasteiger partial charge in [0, 0.05) is 11.1 Å². The molecule has 0 aliphatic rings. The Bertz CT molecular complexity index is 1060. The number of aryl methyl sites for hydroxylation is 2. The van der Waals surface area contributed by atoms with E-state index in [0.29, 0.717) is 0 Å². The molecule has 0 aliphatic carbocycles. The molecule has 1 heterocycles. The van der Waals surface area contributed by atoms with E-state index in [9.17, 15) is 10.2 Å². The van der Waals surface area contributed by atoms with Crippen LogP contribution >= 0.6 is 0 Å². The molecule has 0 unspecified atom stereocenters. The van der Waals surface area contributed by atoms with Crippen molar-refractivity contribution in [1.29, 1.82) is 0 Å². The van der Waals surface area contributed by atoms with Crippen molar-refractivity contribution in [2.24, 2.45) is 0 Å². The van der Waals surface area contributed by atoms with Crippen LogP contribution in [0.3, 0.4) is 0 Å². The van der Waals surface area contributed by atoms with Crippen LogP contribution in [0.25, 0.3) is 22.5 Å². The van der Waals surface area contributed by atoms with Crippen LogP contribution in [0, 0.1) is 0 Å². The third kappa shape index (κ3) is 13.4. The molecule has 3 rings (SSSR count). The number of rotatable bonds is 24. The minimum atomic E-state index is 0.268. The van der Waals surface area contributed by atoms with E-state index in [4.69, 9.17) is 9.97 Å². The minimum absolute atomic E-state index is 0.268. The Hall–Kier alpha value is -2.88. The zero-order valence-electron chi connectivity index (χ0n) is 28.0. The first kappa shape index (κ1) is 35.6. The lowest BCUT2D eigenvalue weighted by atomic mass is 9.99. The summed E-state index contributed by atoms with van der Waals surface area (Å²) in [6.45, 7) is 4.55. The summed E-state index contributed by atoms with van der Waals surface area (Å²) >= 11 is 0. The molecule has 0 saturated heterocycles. The second-order valence-corrected chi connectivity index (χ2v) is 12.8. The van der Waals surface area contributed by atoms with Gasteiger partial charge in [-0.3, -0.25) is 0 Å². The van der Waals surface area contributed by atoms with Gasteiger partial charge in [0.15, 0.2) is 0 Å². The van der Waals surface area contributed by atoms with E-state index >= 15 is 0 Å². The van der Waals surface area contributed by atoms with Gasteiger partial charge in [-0.25, -0.2) is 9.97 Å². The molecule has 0 saturated carbocycles. The summed E-state index contributed by atoms with van der Waals surface area (Å²) in [5, 5.41) is 19.9. The highest BCUT2D eigenvalue weighted by Crippen LogP contribution is 2.31. The van der Waals surface area contributed by atoms with Crippen molar-refractivity contribution in [3.8, 4) is 34.0 Å². The summed E-state index contributed by atoms with van der Waals surface area (Å²) in [5.41, 5.74) is 5.99. The molecule has 4 nitrogen and oxygen atoms in total. The van der Waals surface area contributed by atoms with Crippen molar-refractivity contribution in [2.75, 3.05) is 0 Å². The van der Waals surface area contributed by atoms with Crippen LogP contribution in [0.5, 0.6) is 11.5 Å². The molecule has 0 fully saturated rings. The number of hydrogen-bond donors (Lipinski definition) is 2. The number of phenols is 2. The van der Waals surface area contributed by atoms with E-state index in [1.54, 1.807) is 24.3 Å². The monoisotopic (exact) mass is 600 g/mol. The maximum Gasteiger partial charge on any atom is 0.115 e. The van der Waals surface area contributed by atoms with Gasteiger partial charge < -0.3 is 10.2 Å². The van der Waals surface area contributed by atoms with E-state index in [-0.39, 0.29) is 11.5 Å². The highest BCUT2D eigenvalue weighted by atomic mass is 16.3. The maximum absolute atomic E-state index is 9.95. The first-order valence-electron chi connectivity index (χ1n) is 18.1. The maximum atomic E-state index is 9.95. The fourth-order valence-corrected chi connectivity index (χ4v) is 6.11. The average molecular weight is 601 g/mol. The van der Waals surface area contributed by atoms with Gasteiger partial charge in [-0.15, -0.1) is 0 Å². The van der Waals surface area contributed by atoms with Crippen LogP contribution < -0.4 is 0 Å². The van der Waals surface area contributed by atoms with Crippen LogP contribution in [-0.4, -0.2) is 20.2 Å². The number of benzene rings is 2. The predicted molar refractivity (Wildman–Crippen MR) is 187 cm³/mol. The van der Waals surface area contributed by atoms with Crippen molar-refractivity contribution >= 4 is 0 Å². The molecule has 242 valence electrons. The predicted octanol–water partition coefficient (Wildman–Crippen LogP) is 12.1. The van der Waals surface area contributed by atoms with E-state index in [2.05, 4.69) is 13.8 Å². The molecule has 2 N–H and O–H groups in total. The number of aromatic hydroxyl groups is 2. The van der Waals surface area contributed by atoms with E-state index in [1.807, 2.05) is 24.3 Å². The zero-order valence-corrected chi connectivity index (χ0v) is 28.0. The highest BCUT2D eigenvalue weighted by molar-refractivity contribution is 5.68. The first-order valence-corrected chi connectivity index (χ1v) is 18.1. The van der Waals surface area contributed by atoms with E-state index in [1.165, 1.54) is 116 Å². The first-order chi connectivity index (χ1) is 21.6. The molecule has 4 heteroatoms. The largest absolute Gasteiger partial charge is 0.508 e. The van der Waals surface area contributed by atoms with Gasteiger partial charge in [0.2, 0.25) is 0 Å². The quantitative estimate of drug-likeness (QED) is 0.100. The average Bonchev–Trinajstić information content (AvgIpc) is 3.04. The second-order valence-electron chi connectivity index (χ2n) is 12.8. The van der Waals surface area contributed by atoms with Gasteiger partial charge >= 0.3 is 0 Å². The summed E-state index contributed by atoms with van der Waals surface area (Å²) in [4.78, 5) is 10.6. The zero-order chi connectivity index (χ0) is 31.2. The van der Waals surface area contributed by atoms with Gasteiger partial charge in [0.25, 0.3) is 0 Å². The molecule has 0 amide bonds. The van der Waals surface area contributed by atoms with E-state index in [0.717, 1.165) is 59.6 Å². The Balaban J connectivity index is 1.68. The number of hydrogen-bond acceptors (Lipinski definition) is 4. The molecule has 0 atom stereocenters. The Morgan fingerprint density at radius 1 is 0.386 bits per heavy atom. The number of aromatic nitrogens is 2.